The second-order valence-corrected chi connectivity index (χ2v) is 5.06. The fourth-order valence-corrected chi connectivity index (χ4v) is 2.20. The number of aliphatic carboxylic acids is 1. The lowest BCUT2D eigenvalue weighted by molar-refractivity contribution is -0.137. The number of carbonyl (C=O) groups is 2. The van der Waals surface area contributed by atoms with E-state index in [0.717, 1.165) is 10.9 Å². The molecule has 0 aromatic heterocycles. The molecule has 0 heterocycles. The molecule has 2 aromatic rings. The average Bonchev–Trinajstić information content (AvgIpc) is 2.49. The predicted molar refractivity (Wildman–Crippen MR) is 81.9 cm³/mol. The van der Waals surface area contributed by atoms with E-state index in [-0.39, 0.29) is 12.3 Å². The van der Waals surface area contributed by atoms with Gasteiger partial charge in [0.25, 0.3) is 0 Å². The lowest BCUT2D eigenvalue weighted by Crippen LogP contribution is -2.22. The van der Waals surface area contributed by atoms with E-state index in [9.17, 15) is 9.59 Å². The van der Waals surface area contributed by atoms with E-state index in [1.165, 1.54) is 5.39 Å². The lowest BCUT2D eigenvalue weighted by atomic mass is 10.1. The van der Waals surface area contributed by atoms with Crippen LogP contribution in [-0.4, -0.2) is 17.0 Å². The number of carboxylic acids is 1. The average molecular weight is 285 g/mol. The zero-order chi connectivity index (χ0) is 15.1. The maximum Gasteiger partial charge on any atom is 0.303 e. The molecule has 0 spiro atoms. The highest BCUT2D eigenvalue weighted by Crippen LogP contribution is 2.15. The zero-order valence-electron chi connectivity index (χ0n) is 11.8. The highest BCUT2D eigenvalue weighted by atomic mass is 16.4. The molecule has 0 aliphatic carbocycles. The Kier molecular flexibility index (Phi) is 5.32. The smallest absolute Gasteiger partial charge is 0.303 e. The van der Waals surface area contributed by atoms with E-state index in [1.54, 1.807) is 0 Å². The third-order valence-electron chi connectivity index (χ3n) is 3.35. The minimum Gasteiger partial charge on any atom is -0.481 e. The van der Waals surface area contributed by atoms with E-state index < -0.39 is 5.97 Å². The van der Waals surface area contributed by atoms with Gasteiger partial charge in [0, 0.05) is 19.4 Å². The van der Waals surface area contributed by atoms with Crippen LogP contribution in [0.3, 0.4) is 0 Å². The van der Waals surface area contributed by atoms with E-state index in [4.69, 9.17) is 5.11 Å². The van der Waals surface area contributed by atoms with Crippen molar-refractivity contribution in [3.63, 3.8) is 0 Å². The molecule has 4 nitrogen and oxygen atoms in total. The summed E-state index contributed by atoms with van der Waals surface area (Å²) in [5.41, 5.74) is 1.06. The third kappa shape index (κ3) is 4.91. The van der Waals surface area contributed by atoms with Crippen LogP contribution in [0.4, 0.5) is 0 Å². The van der Waals surface area contributed by atoms with Crippen molar-refractivity contribution in [2.24, 2.45) is 0 Å². The van der Waals surface area contributed by atoms with Crippen molar-refractivity contribution >= 4 is 22.6 Å². The van der Waals surface area contributed by atoms with Crippen LogP contribution in [0, 0.1) is 0 Å². The van der Waals surface area contributed by atoms with Gasteiger partial charge in [-0.3, -0.25) is 9.59 Å². The van der Waals surface area contributed by atoms with Crippen LogP contribution in [0.1, 0.15) is 31.2 Å². The summed E-state index contributed by atoms with van der Waals surface area (Å²) in [4.78, 5) is 22.0. The van der Waals surface area contributed by atoms with Gasteiger partial charge in [-0.05, 0) is 35.2 Å². The first-order chi connectivity index (χ1) is 10.1. The first-order valence-corrected chi connectivity index (χ1v) is 7.11. The number of amides is 1. The maximum absolute atomic E-state index is 11.7. The Hall–Kier alpha value is -2.36. The molecule has 0 aliphatic heterocycles. The minimum absolute atomic E-state index is 0.0338. The van der Waals surface area contributed by atoms with Crippen LogP contribution >= 0.6 is 0 Å². The summed E-state index contributed by atoms with van der Waals surface area (Å²) in [7, 11) is 0. The molecule has 4 heteroatoms. The molecule has 0 atom stereocenters. The molecular formula is C17H19NO3. The second-order valence-electron chi connectivity index (χ2n) is 5.06. The monoisotopic (exact) mass is 285 g/mol. The summed E-state index contributed by atoms with van der Waals surface area (Å²) in [6.45, 7) is 0.503. The molecule has 2 aromatic carbocycles. The van der Waals surface area contributed by atoms with Gasteiger partial charge in [0.15, 0.2) is 0 Å². The van der Waals surface area contributed by atoms with Crippen LogP contribution in [-0.2, 0) is 16.1 Å². The molecular weight excluding hydrogens is 266 g/mol. The van der Waals surface area contributed by atoms with Gasteiger partial charge < -0.3 is 10.4 Å². The molecule has 110 valence electrons. The van der Waals surface area contributed by atoms with Crippen molar-refractivity contribution in [2.45, 2.75) is 32.2 Å². The molecule has 0 saturated carbocycles. The van der Waals surface area contributed by atoms with Crippen LogP contribution < -0.4 is 5.32 Å². The van der Waals surface area contributed by atoms with E-state index >= 15 is 0 Å². The quantitative estimate of drug-likeness (QED) is 0.768. The Bertz CT molecular complexity index is 637. The second kappa shape index (κ2) is 7.43. The van der Waals surface area contributed by atoms with Gasteiger partial charge in [0.2, 0.25) is 5.91 Å². The number of rotatable bonds is 7. The molecule has 0 unspecified atom stereocenters. The number of nitrogens with one attached hydrogen (secondary N) is 1. The largest absolute Gasteiger partial charge is 0.481 e. The highest BCUT2D eigenvalue weighted by molar-refractivity contribution is 5.83. The number of carbonyl (C=O) groups excluding carboxylic acids is 1. The number of hydrogen-bond acceptors (Lipinski definition) is 2. The van der Waals surface area contributed by atoms with Gasteiger partial charge in [-0.15, -0.1) is 0 Å². The molecule has 21 heavy (non-hydrogen) atoms. The van der Waals surface area contributed by atoms with Crippen LogP contribution in [0.5, 0.6) is 0 Å². The number of carboxylic acid groups (broad SMARTS) is 1. The van der Waals surface area contributed by atoms with E-state index in [1.807, 2.05) is 30.3 Å². The van der Waals surface area contributed by atoms with Gasteiger partial charge in [0.05, 0.1) is 0 Å². The Morgan fingerprint density at radius 3 is 2.43 bits per heavy atom. The molecule has 0 saturated heterocycles. The summed E-state index contributed by atoms with van der Waals surface area (Å²) < 4.78 is 0. The van der Waals surface area contributed by atoms with Crippen LogP contribution in [0.2, 0.25) is 0 Å². The van der Waals surface area contributed by atoms with Gasteiger partial charge in [-0.2, -0.15) is 0 Å². The molecule has 2 N–H and O–H groups in total. The standard InChI is InChI=1S/C17H19NO3/c19-16(7-3-4-8-17(20)21)18-12-13-9-10-14-5-1-2-6-15(14)11-13/h1-2,5-6,9-11H,3-4,7-8,12H2,(H,18,19)(H,20,21). The van der Waals surface area contributed by atoms with Gasteiger partial charge in [-0.25, -0.2) is 0 Å². The van der Waals surface area contributed by atoms with Gasteiger partial charge >= 0.3 is 5.97 Å². The summed E-state index contributed by atoms with van der Waals surface area (Å²) in [5.74, 6) is -0.847. The Labute approximate surface area is 123 Å². The van der Waals surface area contributed by atoms with Crippen LogP contribution in [0.15, 0.2) is 42.5 Å². The Balaban J connectivity index is 1.78. The number of fused-ring (bicyclic) bond motifs is 1. The summed E-state index contributed by atoms with van der Waals surface area (Å²) >= 11 is 0. The first-order valence-electron chi connectivity index (χ1n) is 7.11. The van der Waals surface area contributed by atoms with E-state index in [0.29, 0.717) is 25.8 Å². The van der Waals surface area contributed by atoms with Crippen molar-refractivity contribution in [3.8, 4) is 0 Å². The SMILES string of the molecule is O=C(O)CCCCC(=O)NCc1ccc2ccccc2c1. The van der Waals surface area contributed by atoms with Crippen molar-refractivity contribution in [2.75, 3.05) is 0 Å². The fourth-order valence-electron chi connectivity index (χ4n) is 2.20. The van der Waals surface area contributed by atoms with E-state index in [2.05, 4.69) is 17.4 Å². The summed E-state index contributed by atoms with van der Waals surface area (Å²) in [6.07, 6.45) is 1.65. The first kappa shape index (κ1) is 15.0. The summed E-state index contributed by atoms with van der Waals surface area (Å²) in [6, 6.07) is 14.2. The topological polar surface area (TPSA) is 66.4 Å². The summed E-state index contributed by atoms with van der Waals surface area (Å²) in [5, 5.41) is 13.7. The lowest BCUT2D eigenvalue weighted by Gasteiger charge is -2.06. The molecule has 0 aliphatic rings. The Morgan fingerprint density at radius 2 is 1.67 bits per heavy atom. The van der Waals surface area contributed by atoms with Gasteiger partial charge in [0.1, 0.15) is 0 Å². The van der Waals surface area contributed by atoms with Crippen molar-refractivity contribution < 1.29 is 14.7 Å². The van der Waals surface area contributed by atoms with Crippen molar-refractivity contribution in [1.29, 1.82) is 0 Å². The molecule has 1 amide bonds. The number of hydrogen-bond donors (Lipinski definition) is 2. The normalized spacial score (nSPS) is 10.5. The van der Waals surface area contributed by atoms with Crippen LogP contribution in [0.25, 0.3) is 10.8 Å². The third-order valence-corrected chi connectivity index (χ3v) is 3.35. The van der Waals surface area contributed by atoms with Crippen molar-refractivity contribution in [1.82, 2.24) is 5.32 Å². The molecule has 0 radical (unpaired) electrons. The predicted octanol–water partition coefficient (Wildman–Crippen LogP) is 3.10. The molecule has 0 fully saturated rings. The fraction of sp³-hybridized carbons (Fsp3) is 0.294. The minimum atomic E-state index is -0.813. The molecule has 2 rings (SSSR count). The molecule has 0 bridgehead atoms. The van der Waals surface area contributed by atoms with Gasteiger partial charge in [-0.1, -0.05) is 36.4 Å². The van der Waals surface area contributed by atoms with Crippen molar-refractivity contribution in [3.05, 3.63) is 48.0 Å². The highest BCUT2D eigenvalue weighted by Gasteiger charge is 2.03. The maximum atomic E-state index is 11.7. The Morgan fingerprint density at radius 1 is 0.952 bits per heavy atom. The number of benzene rings is 2. The zero-order valence-corrected chi connectivity index (χ0v) is 11.8. The number of unbranched alkanes of at least 4 members (excludes halogenated alkanes) is 1.